The lowest BCUT2D eigenvalue weighted by Gasteiger charge is -2.11. The van der Waals surface area contributed by atoms with Gasteiger partial charge in [0.15, 0.2) is 0 Å². The molecule has 0 radical (unpaired) electrons. The highest BCUT2D eigenvalue weighted by Crippen LogP contribution is 2.32. The van der Waals surface area contributed by atoms with E-state index in [1.165, 1.54) is 12.1 Å². The van der Waals surface area contributed by atoms with Crippen LogP contribution in [0.5, 0.6) is 0 Å². The van der Waals surface area contributed by atoms with Gasteiger partial charge in [0.2, 0.25) is 0 Å². The molecule has 1 unspecified atom stereocenters. The van der Waals surface area contributed by atoms with Crippen LogP contribution in [0.25, 0.3) is 0 Å². The maximum atomic E-state index is 11.6. The van der Waals surface area contributed by atoms with Gasteiger partial charge in [-0.3, -0.25) is 4.79 Å². The van der Waals surface area contributed by atoms with E-state index in [0.29, 0.717) is 12.1 Å². The van der Waals surface area contributed by atoms with E-state index >= 15 is 0 Å². The summed E-state index contributed by atoms with van der Waals surface area (Å²) in [7, 11) is 0. The van der Waals surface area contributed by atoms with Gasteiger partial charge in [0.1, 0.15) is 0 Å². The summed E-state index contributed by atoms with van der Waals surface area (Å²) >= 11 is 17.5. The van der Waals surface area contributed by atoms with Gasteiger partial charge in [0.05, 0.1) is 26.7 Å². The van der Waals surface area contributed by atoms with E-state index in [2.05, 4.69) is 10.6 Å². The molecule has 3 N–H and O–H groups in total. The summed E-state index contributed by atoms with van der Waals surface area (Å²) in [5.74, 6) is -1.43. The van der Waals surface area contributed by atoms with Gasteiger partial charge < -0.3 is 15.7 Å². The molecule has 20 heavy (non-hydrogen) atoms. The van der Waals surface area contributed by atoms with E-state index in [-0.39, 0.29) is 21.6 Å². The fraction of sp³-hybridized carbons (Fsp3) is 0.333. The molecule has 0 spiro atoms. The van der Waals surface area contributed by atoms with Crippen molar-refractivity contribution in [2.75, 3.05) is 11.9 Å². The third-order valence-corrected chi connectivity index (χ3v) is 3.58. The summed E-state index contributed by atoms with van der Waals surface area (Å²) in [6.45, 7) is 1.80. The Morgan fingerprint density at radius 1 is 1.20 bits per heavy atom. The summed E-state index contributed by atoms with van der Waals surface area (Å²) in [5, 5.41) is 14.6. The molecule has 0 aliphatic rings. The van der Waals surface area contributed by atoms with Crippen LogP contribution in [-0.4, -0.2) is 23.7 Å². The number of urea groups is 1. The Labute approximate surface area is 131 Å². The first-order valence-corrected chi connectivity index (χ1v) is 6.87. The van der Waals surface area contributed by atoms with E-state index in [1.807, 2.05) is 0 Å². The van der Waals surface area contributed by atoms with Crippen molar-refractivity contribution in [1.82, 2.24) is 5.32 Å². The molecule has 0 fully saturated rings. The van der Waals surface area contributed by atoms with Crippen molar-refractivity contribution >= 4 is 52.5 Å². The first-order chi connectivity index (χ1) is 9.31. The molecule has 0 bridgehead atoms. The molecule has 1 rings (SSSR count). The minimum absolute atomic E-state index is 0.234. The van der Waals surface area contributed by atoms with Gasteiger partial charge in [-0.25, -0.2) is 4.79 Å². The summed E-state index contributed by atoms with van der Waals surface area (Å²) in [5.41, 5.74) is 0.324. The van der Waals surface area contributed by atoms with Crippen molar-refractivity contribution in [3.63, 3.8) is 0 Å². The molecule has 1 aromatic carbocycles. The average molecular weight is 340 g/mol. The Balaban J connectivity index is 2.51. The van der Waals surface area contributed by atoms with Crippen LogP contribution in [0.15, 0.2) is 12.1 Å². The van der Waals surface area contributed by atoms with Crippen molar-refractivity contribution in [2.24, 2.45) is 5.92 Å². The Hall–Kier alpha value is -1.17. The van der Waals surface area contributed by atoms with Gasteiger partial charge in [-0.1, -0.05) is 41.7 Å². The van der Waals surface area contributed by atoms with E-state index < -0.39 is 17.9 Å². The maximum Gasteiger partial charge on any atom is 0.319 e. The first kappa shape index (κ1) is 16.9. The van der Waals surface area contributed by atoms with E-state index in [0.717, 1.165) is 0 Å². The van der Waals surface area contributed by atoms with Crippen LogP contribution in [0.4, 0.5) is 10.5 Å². The lowest BCUT2D eigenvalue weighted by atomic mass is 10.1. The smallest absolute Gasteiger partial charge is 0.319 e. The minimum Gasteiger partial charge on any atom is -0.481 e. The first-order valence-electron chi connectivity index (χ1n) is 5.73. The normalized spacial score (nSPS) is 11.8. The van der Waals surface area contributed by atoms with Crippen LogP contribution < -0.4 is 10.6 Å². The molecular formula is C12H13Cl3N2O3. The standard InChI is InChI=1S/C12H13Cl3N2O3/c1-6(11(18)19)2-3-16-12(20)17-10-5-8(14)7(13)4-9(10)15/h4-6H,2-3H2,1H3,(H,18,19)(H2,16,17,20). The second-order valence-corrected chi connectivity index (χ2v) is 5.38. The quantitative estimate of drug-likeness (QED) is 0.712. The van der Waals surface area contributed by atoms with Crippen LogP contribution in [-0.2, 0) is 4.79 Å². The van der Waals surface area contributed by atoms with Gasteiger partial charge in [-0.2, -0.15) is 0 Å². The number of anilines is 1. The van der Waals surface area contributed by atoms with Crippen LogP contribution >= 0.6 is 34.8 Å². The van der Waals surface area contributed by atoms with E-state index in [1.54, 1.807) is 6.92 Å². The van der Waals surface area contributed by atoms with Crippen LogP contribution in [0.1, 0.15) is 13.3 Å². The van der Waals surface area contributed by atoms with Crippen molar-refractivity contribution < 1.29 is 14.7 Å². The molecule has 0 saturated heterocycles. The Morgan fingerprint density at radius 3 is 2.40 bits per heavy atom. The van der Waals surface area contributed by atoms with Crippen molar-refractivity contribution in [1.29, 1.82) is 0 Å². The Morgan fingerprint density at radius 2 is 1.80 bits per heavy atom. The number of rotatable bonds is 5. The Bertz CT molecular complexity index is 523. The predicted octanol–water partition coefficient (Wildman–Crippen LogP) is 3.88. The van der Waals surface area contributed by atoms with E-state index in [4.69, 9.17) is 39.9 Å². The van der Waals surface area contributed by atoms with Gasteiger partial charge in [0.25, 0.3) is 0 Å². The van der Waals surface area contributed by atoms with Gasteiger partial charge >= 0.3 is 12.0 Å². The monoisotopic (exact) mass is 338 g/mol. The summed E-state index contributed by atoms with van der Waals surface area (Å²) in [6.07, 6.45) is 0.331. The largest absolute Gasteiger partial charge is 0.481 e. The molecule has 0 aromatic heterocycles. The molecule has 8 heteroatoms. The van der Waals surface area contributed by atoms with Gasteiger partial charge in [-0.05, 0) is 18.6 Å². The second-order valence-electron chi connectivity index (χ2n) is 4.16. The summed E-state index contributed by atoms with van der Waals surface area (Å²) in [4.78, 5) is 22.2. The van der Waals surface area contributed by atoms with Gasteiger partial charge in [0, 0.05) is 6.54 Å². The molecule has 0 saturated carbocycles. The highest BCUT2D eigenvalue weighted by atomic mass is 35.5. The number of carbonyl (C=O) groups excluding carboxylic acids is 1. The predicted molar refractivity (Wildman–Crippen MR) is 79.9 cm³/mol. The van der Waals surface area contributed by atoms with Gasteiger partial charge in [-0.15, -0.1) is 0 Å². The molecule has 5 nitrogen and oxygen atoms in total. The third kappa shape index (κ3) is 5.07. The molecule has 0 aliphatic heterocycles. The van der Waals surface area contributed by atoms with Crippen molar-refractivity contribution in [3.8, 4) is 0 Å². The molecule has 0 aliphatic carbocycles. The molecular weight excluding hydrogens is 327 g/mol. The number of halogens is 3. The highest BCUT2D eigenvalue weighted by Gasteiger charge is 2.12. The number of hydrogen-bond acceptors (Lipinski definition) is 2. The number of aliphatic carboxylic acids is 1. The number of nitrogens with one attached hydrogen (secondary N) is 2. The fourth-order valence-electron chi connectivity index (χ4n) is 1.31. The fourth-order valence-corrected chi connectivity index (χ4v) is 1.90. The second kappa shape index (κ2) is 7.57. The van der Waals surface area contributed by atoms with Crippen molar-refractivity contribution in [2.45, 2.75) is 13.3 Å². The number of benzene rings is 1. The van der Waals surface area contributed by atoms with E-state index in [9.17, 15) is 9.59 Å². The maximum absolute atomic E-state index is 11.6. The summed E-state index contributed by atoms with van der Waals surface area (Å²) in [6, 6.07) is 2.36. The molecule has 1 atom stereocenters. The minimum atomic E-state index is -0.903. The van der Waals surface area contributed by atoms with Crippen molar-refractivity contribution in [3.05, 3.63) is 27.2 Å². The molecule has 0 heterocycles. The highest BCUT2D eigenvalue weighted by molar-refractivity contribution is 6.44. The number of carboxylic acid groups (broad SMARTS) is 1. The van der Waals surface area contributed by atoms with Crippen LogP contribution in [0.3, 0.4) is 0 Å². The molecule has 2 amide bonds. The SMILES string of the molecule is CC(CCNC(=O)Nc1cc(Cl)c(Cl)cc1Cl)C(=O)O. The number of carboxylic acids is 1. The summed E-state index contributed by atoms with van der Waals surface area (Å²) < 4.78 is 0. The third-order valence-electron chi connectivity index (χ3n) is 2.54. The number of carbonyl (C=O) groups is 2. The zero-order chi connectivity index (χ0) is 15.3. The lowest BCUT2D eigenvalue weighted by molar-refractivity contribution is -0.141. The zero-order valence-corrected chi connectivity index (χ0v) is 12.8. The van der Waals surface area contributed by atoms with Crippen LogP contribution in [0, 0.1) is 5.92 Å². The Kier molecular flexibility index (Phi) is 6.39. The number of hydrogen-bond donors (Lipinski definition) is 3. The average Bonchev–Trinajstić information content (AvgIpc) is 2.35. The zero-order valence-electron chi connectivity index (χ0n) is 10.5. The molecule has 1 aromatic rings. The number of amides is 2. The molecule has 110 valence electrons. The van der Waals surface area contributed by atoms with Crippen LogP contribution in [0.2, 0.25) is 15.1 Å². The topological polar surface area (TPSA) is 78.4 Å². The lowest BCUT2D eigenvalue weighted by Crippen LogP contribution is -2.31.